The van der Waals surface area contributed by atoms with Crippen LogP contribution in [0.25, 0.3) is 0 Å². The van der Waals surface area contributed by atoms with Gasteiger partial charge in [0.15, 0.2) is 15.8 Å². The van der Waals surface area contributed by atoms with E-state index in [-0.39, 0.29) is 10.8 Å². The predicted octanol–water partition coefficient (Wildman–Crippen LogP) is 3.65. The Morgan fingerprint density at radius 1 is 1.39 bits per heavy atom. The summed E-state index contributed by atoms with van der Waals surface area (Å²) in [6, 6.07) is 0.984. The lowest BCUT2D eigenvalue weighted by Gasteiger charge is -2.42. The first-order chi connectivity index (χ1) is 13.2. The maximum atomic E-state index is 14.7. The van der Waals surface area contributed by atoms with Crippen molar-refractivity contribution < 1.29 is 17.2 Å². The summed E-state index contributed by atoms with van der Waals surface area (Å²) >= 11 is 7.06. The number of benzene rings is 1. The molecule has 0 spiro atoms. The van der Waals surface area contributed by atoms with Crippen LogP contribution in [-0.2, 0) is 10.0 Å². The van der Waals surface area contributed by atoms with E-state index >= 15 is 0 Å². The Morgan fingerprint density at radius 3 is 2.71 bits per heavy atom. The number of nitrogens with zero attached hydrogens (tertiary/aromatic N) is 3. The molecule has 0 amide bonds. The van der Waals surface area contributed by atoms with Crippen molar-refractivity contribution in [2.75, 3.05) is 43.4 Å². The minimum absolute atomic E-state index is 0.0160. The minimum atomic E-state index is -4.49. The number of hydrogen-bond acceptors (Lipinski definition) is 6. The van der Waals surface area contributed by atoms with Crippen LogP contribution in [0, 0.1) is 17.6 Å². The zero-order valence-corrected chi connectivity index (χ0v) is 17.8. The van der Waals surface area contributed by atoms with Crippen molar-refractivity contribution in [2.24, 2.45) is 5.92 Å². The lowest BCUT2D eigenvalue weighted by Crippen LogP contribution is -2.47. The number of sulfonamides is 1. The van der Waals surface area contributed by atoms with Gasteiger partial charge in [0.2, 0.25) is 0 Å². The van der Waals surface area contributed by atoms with Gasteiger partial charge in [0.25, 0.3) is 10.0 Å². The summed E-state index contributed by atoms with van der Waals surface area (Å²) in [7, 11) is -0.466. The number of halogens is 3. The third-order valence-electron chi connectivity index (χ3n) is 4.54. The van der Waals surface area contributed by atoms with Crippen molar-refractivity contribution >= 4 is 43.8 Å². The van der Waals surface area contributed by atoms with E-state index in [1.165, 1.54) is 6.20 Å². The lowest BCUT2D eigenvalue weighted by molar-refractivity contribution is 0.331. The second-order valence-electron chi connectivity index (χ2n) is 6.99. The quantitative estimate of drug-likeness (QED) is 0.622. The fourth-order valence-electron chi connectivity index (χ4n) is 3.13. The number of anilines is 2. The molecule has 28 heavy (non-hydrogen) atoms. The van der Waals surface area contributed by atoms with Crippen molar-refractivity contribution in [1.82, 2.24) is 9.88 Å². The van der Waals surface area contributed by atoms with Gasteiger partial charge in [-0.05, 0) is 39.4 Å². The second kappa shape index (κ2) is 8.48. The number of thiazole rings is 1. The Kier molecular flexibility index (Phi) is 6.43. The van der Waals surface area contributed by atoms with Gasteiger partial charge in [-0.15, -0.1) is 11.3 Å². The van der Waals surface area contributed by atoms with Crippen LogP contribution < -0.4 is 9.62 Å². The highest BCUT2D eigenvalue weighted by molar-refractivity contribution is 7.93. The SMILES string of the molecule is CN(C)CCCC1CN(c2cc(F)c(S(=O)(=O)Nc3nccs3)c(F)c2Cl)C1. The van der Waals surface area contributed by atoms with Gasteiger partial charge in [0.05, 0.1) is 5.69 Å². The number of aromatic nitrogens is 1. The molecule has 2 aromatic rings. The van der Waals surface area contributed by atoms with E-state index < -0.39 is 31.6 Å². The molecule has 0 atom stereocenters. The molecule has 0 aliphatic carbocycles. The third kappa shape index (κ3) is 4.56. The average Bonchev–Trinajstić information content (AvgIpc) is 3.05. The molecule has 1 aliphatic rings. The number of hydrogen-bond donors (Lipinski definition) is 1. The van der Waals surface area contributed by atoms with E-state index in [0.717, 1.165) is 36.8 Å². The maximum Gasteiger partial charge on any atom is 0.269 e. The molecule has 0 radical (unpaired) electrons. The molecule has 1 aliphatic heterocycles. The Morgan fingerprint density at radius 2 is 2.11 bits per heavy atom. The fraction of sp³-hybridized carbons (Fsp3) is 0.471. The smallest absolute Gasteiger partial charge is 0.269 e. The van der Waals surface area contributed by atoms with Crippen molar-refractivity contribution in [1.29, 1.82) is 0 Å². The minimum Gasteiger partial charge on any atom is -0.369 e. The van der Waals surface area contributed by atoms with Crippen LogP contribution in [0.5, 0.6) is 0 Å². The molecule has 2 heterocycles. The van der Waals surface area contributed by atoms with Crippen LogP contribution in [0.1, 0.15) is 12.8 Å². The van der Waals surface area contributed by atoms with Gasteiger partial charge in [-0.1, -0.05) is 11.6 Å². The Labute approximate surface area is 172 Å². The number of rotatable bonds is 8. The molecule has 1 saturated heterocycles. The first-order valence-corrected chi connectivity index (χ1v) is 11.4. The van der Waals surface area contributed by atoms with Gasteiger partial charge in [-0.25, -0.2) is 22.2 Å². The molecule has 1 aromatic carbocycles. The molecule has 3 rings (SSSR count). The first-order valence-electron chi connectivity index (χ1n) is 8.68. The van der Waals surface area contributed by atoms with Crippen LogP contribution in [0.2, 0.25) is 5.02 Å². The Hall–Kier alpha value is -1.49. The number of nitrogens with one attached hydrogen (secondary N) is 1. The van der Waals surface area contributed by atoms with Crippen LogP contribution in [0.4, 0.5) is 19.6 Å². The van der Waals surface area contributed by atoms with Crippen molar-refractivity contribution in [3.8, 4) is 0 Å². The Balaban J connectivity index is 1.75. The molecule has 0 saturated carbocycles. The summed E-state index contributed by atoms with van der Waals surface area (Å²) in [4.78, 5) is 6.53. The van der Waals surface area contributed by atoms with Gasteiger partial charge in [0.1, 0.15) is 10.8 Å². The zero-order valence-electron chi connectivity index (χ0n) is 15.5. The molecule has 0 bridgehead atoms. The van der Waals surface area contributed by atoms with Gasteiger partial charge in [-0.2, -0.15) is 0 Å². The van der Waals surface area contributed by atoms with Gasteiger partial charge >= 0.3 is 0 Å². The van der Waals surface area contributed by atoms with Gasteiger partial charge in [-0.3, -0.25) is 4.72 Å². The highest BCUT2D eigenvalue weighted by Gasteiger charge is 2.33. The van der Waals surface area contributed by atoms with Gasteiger partial charge in [0, 0.05) is 30.7 Å². The molecule has 1 N–H and O–H groups in total. The summed E-state index contributed by atoms with van der Waals surface area (Å²) in [5, 5.41) is 1.16. The van der Waals surface area contributed by atoms with E-state index in [1.807, 2.05) is 14.1 Å². The molecular weight excluding hydrogens is 430 g/mol. The molecule has 0 unspecified atom stereocenters. The normalized spacial score (nSPS) is 15.1. The van der Waals surface area contributed by atoms with E-state index in [0.29, 0.717) is 19.0 Å². The summed E-state index contributed by atoms with van der Waals surface area (Å²) < 4.78 is 56.1. The highest BCUT2D eigenvalue weighted by Crippen LogP contribution is 2.38. The molecule has 1 fully saturated rings. The lowest BCUT2D eigenvalue weighted by atomic mass is 9.94. The summed E-state index contributed by atoms with van der Waals surface area (Å²) in [5.41, 5.74) is 0.175. The monoisotopic (exact) mass is 450 g/mol. The summed E-state index contributed by atoms with van der Waals surface area (Å²) in [6.45, 7) is 2.25. The van der Waals surface area contributed by atoms with E-state index in [9.17, 15) is 17.2 Å². The van der Waals surface area contributed by atoms with Crippen LogP contribution >= 0.6 is 22.9 Å². The molecule has 154 valence electrons. The molecule has 1 aromatic heterocycles. The topological polar surface area (TPSA) is 65.5 Å². The largest absolute Gasteiger partial charge is 0.369 e. The molecule has 6 nitrogen and oxygen atoms in total. The molecule has 11 heteroatoms. The third-order valence-corrected chi connectivity index (χ3v) is 7.09. The zero-order chi connectivity index (χ0) is 20.5. The summed E-state index contributed by atoms with van der Waals surface area (Å²) in [5.74, 6) is -2.05. The standard InChI is InChI=1S/C17H21ClF2N4O2S2/c1-23(2)6-3-4-11-9-24(10-11)13-8-12(19)16(15(20)14(13)18)28(25,26)22-17-21-5-7-27-17/h5,7-8,11H,3-4,6,9-10H2,1-2H3,(H,21,22). The average molecular weight is 451 g/mol. The van der Waals surface area contributed by atoms with E-state index in [1.54, 1.807) is 10.3 Å². The van der Waals surface area contributed by atoms with Crippen LogP contribution in [-0.4, -0.2) is 52.0 Å². The molecular formula is C17H21ClF2N4O2S2. The van der Waals surface area contributed by atoms with Crippen LogP contribution in [0.15, 0.2) is 22.5 Å². The van der Waals surface area contributed by atoms with Crippen molar-refractivity contribution in [3.05, 3.63) is 34.3 Å². The van der Waals surface area contributed by atoms with Crippen molar-refractivity contribution in [2.45, 2.75) is 17.7 Å². The predicted molar refractivity (Wildman–Crippen MR) is 108 cm³/mol. The van der Waals surface area contributed by atoms with E-state index in [4.69, 9.17) is 11.6 Å². The summed E-state index contributed by atoms with van der Waals surface area (Å²) in [6.07, 6.45) is 3.44. The second-order valence-corrected chi connectivity index (χ2v) is 9.89. The maximum absolute atomic E-state index is 14.7. The highest BCUT2D eigenvalue weighted by atomic mass is 35.5. The fourth-order valence-corrected chi connectivity index (χ4v) is 5.38. The van der Waals surface area contributed by atoms with E-state index in [2.05, 4.69) is 14.6 Å². The van der Waals surface area contributed by atoms with Crippen molar-refractivity contribution in [3.63, 3.8) is 0 Å². The Bertz CT molecular complexity index is 933. The van der Waals surface area contributed by atoms with Gasteiger partial charge < -0.3 is 9.80 Å². The first kappa shape index (κ1) is 21.2. The van der Waals surface area contributed by atoms with Crippen LogP contribution in [0.3, 0.4) is 0 Å².